The Balaban J connectivity index is 1.47. The lowest BCUT2D eigenvalue weighted by atomic mass is 10.0. The highest BCUT2D eigenvalue weighted by Gasteiger charge is 2.35. The van der Waals surface area contributed by atoms with Crippen molar-refractivity contribution in [1.29, 1.82) is 0 Å². The molecule has 7 nitrogen and oxygen atoms in total. The van der Waals surface area contributed by atoms with Gasteiger partial charge in [0.1, 0.15) is 5.82 Å². The van der Waals surface area contributed by atoms with Crippen molar-refractivity contribution in [3.05, 3.63) is 30.2 Å². The van der Waals surface area contributed by atoms with Crippen LogP contribution < -0.4 is 0 Å². The first-order valence-corrected chi connectivity index (χ1v) is 9.90. The standard InChI is InChI=1S/C16H23N5O2S/c1-12-8-17-15(21(12)14-3-4-14)7-13-5-6-20(9-13)24(22,23)16-10-19(2)11-18-16/h8,10-11,13-14H,3-7,9H2,1-2H3. The van der Waals surface area contributed by atoms with Gasteiger partial charge in [-0.1, -0.05) is 0 Å². The normalized spacial score (nSPS) is 22.3. The Morgan fingerprint density at radius 2 is 2.04 bits per heavy atom. The summed E-state index contributed by atoms with van der Waals surface area (Å²) in [5.41, 5.74) is 1.21. The molecule has 8 heteroatoms. The van der Waals surface area contributed by atoms with E-state index in [2.05, 4.69) is 21.5 Å². The zero-order valence-electron chi connectivity index (χ0n) is 14.1. The Hall–Kier alpha value is -1.67. The maximum absolute atomic E-state index is 12.7. The van der Waals surface area contributed by atoms with E-state index in [9.17, 15) is 8.42 Å². The van der Waals surface area contributed by atoms with Crippen LogP contribution in [0, 0.1) is 12.8 Å². The Labute approximate surface area is 142 Å². The molecular formula is C16H23N5O2S. The molecule has 0 bridgehead atoms. The van der Waals surface area contributed by atoms with E-state index in [0.29, 0.717) is 25.0 Å². The molecule has 1 aliphatic heterocycles. The number of imidazole rings is 2. The second-order valence-electron chi connectivity index (χ2n) is 7.02. The fourth-order valence-corrected chi connectivity index (χ4v) is 5.07. The van der Waals surface area contributed by atoms with Crippen LogP contribution in [0.5, 0.6) is 0 Å². The number of hydrogen-bond acceptors (Lipinski definition) is 4. The van der Waals surface area contributed by atoms with E-state index < -0.39 is 10.0 Å². The lowest BCUT2D eigenvalue weighted by Crippen LogP contribution is -2.29. The third kappa shape index (κ3) is 2.77. The van der Waals surface area contributed by atoms with Crippen LogP contribution >= 0.6 is 0 Å². The molecule has 0 radical (unpaired) electrons. The average Bonchev–Trinajstić information content (AvgIpc) is 2.95. The topological polar surface area (TPSA) is 73.0 Å². The first-order chi connectivity index (χ1) is 11.4. The number of sulfonamides is 1. The van der Waals surface area contributed by atoms with Crippen molar-refractivity contribution >= 4 is 10.0 Å². The van der Waals surface area contributed by atoms with Gasteiger partial charge in [-0.15, -0.1) is 0 Å². The Morgan fingerprint density at radius 1 is 1.25 bits per heavy atom. The van der Waals surface area contributed by atoms with E-state index in [4.69, 9.17) is 0 Å². The summed E-state index contributed by atoms with van der Waals surface area (Å²) in [5, 5.41) is 0.140. The third-order valence-corrected chi connectivity index (χ3v) is 6.73. The fraction of sp³-hybridized carbons (Fsp3) is 0.625. The van der Waals surface area contributed by atoms with Gasteiger partial charge in [0.2, 0.25) is 0 Å². The maximum Gasteiger partial charge on any atom is 0.262 e. The third-order valence-electron chi connectivity index (χ3n) is 4.98. The average molecular weight is 349 g/mol. The smallest absolute Gasteiger partial charge is 0.262 e. The SMILES string of the molecule is Cc1cnc(CC2CCN(S(=O)(=O)c3cn(C)cn3)C2)n1C1CC1. The second kappa shape index (κ2) is 5.70. The highest BCUT2D eigenvalue weighted by Crippen LogP contribution is 2.37. The maximum atomic E-state index is 12.7. The molecule has 24 heavy (non-hydrogen) atoms. The van der Waals surface area contributed by atoms with E-state index in [1.165, 1.54) is 24.9 Å². The Kier molecular flexibility index (Phi) is 3.76. The number of aryl methyl sites for hydroxylation is 2. The molecule has 130 valence electrons. The molecule has 2 aromatic heterocycles. The van der Waals surface area contributed by atoms with Gasteiger partial charge in [0.25, 0.3) is 10.0 Å². The number of aromatic nitrogens is 4. The van der Waals surface area contributed by atoms with E-state index in [-0.39, 0.29) is 5.03 Å². The minimum Gasteiger partial charge on any atom is -0.339 e. The number of nitrogens with zero attached hydrogens (tertiary/aromatic N) is 5. The van der Waals surface area contributed by atoms with Crippen LogP contribution in [0.3, 0.4) is 0 Å². The fourth-order valence-electron chi connectivity index (χ4n) is 3.57. The van der Waals surface area contributed by atoms with Crippen molar-refractivity contribution in [2.24, 2.45) is 13.0 Å². The van der Waals surface area contributed by atoms with Gasteiger partial charge in [-0.25, -0.2) is 18.4 Å². The second-order valence-corrected chi connectivity index (χ2v) is 8.90. The molecule has 2 fully saturated rings. The summed E-state index contributed by atoms with van der Waals surface area (Å²) in [4.78, 5) is 8.58. The van der Waals surface area contributed by atoms with Crippen molar-refractivity contribution in [2.75, 3.05) is 13.1 Å². The molecule has 0 spiro atoms. The van der Waals surface area contributed by atoms with Crippen LogP contribution in [-0.2, 0) is 23.5 Å². The van der Waals surface area contributed by atoms with Gasteiger partial charge < -0.3 is 9.13 Å². The minimum atomic E-state index is -3.48. The minimum absolute atomic E-state index is 0.140. The molecule has 1 saturated carbocycles. The predicted molar refractivity (Wildman–Crippen MR) is 89.0 cm³/mol. The molecule has 1 unspecified atom stereocenters. The van der Waals surface area contributed by atoms with Crippen LogP contribution in [0.2, 0.25) is 0 Å². The molecule has 1 aliphatic carbocycles. The zero-order valence-corrected chi connectivity index (χ0v) is 14.9. The van der Waals surface area contributed by atoms with Gasteiger partial charge in [0, 0.05) is 50.7 Å². The van der Waals surface area contributed by atoms with Crippen LogP contribution in [0.4, 0.5) is 0 Å². The highest BCUT2D eigenvalue weighted by molar-refractivity contribution is 7.89. The molecule has 3 heterocycles. The van der Waals surface area contributed by atoms with Crippen molar-refractivity contribution < 1.29 is 8.42 Å². The summed E-state index contributed by atoms with van der Waals surface area (Å²) in [6.45, 7) is 3.21. The monoisotopic (exact) mass is 349 g/mol. The predicted octanol–water partition coefficient (Wildman–Crippen LogP) is 1.51. The number of hydrogen-bond donors (Lipinski definition) is 0. The highest BCUT2D eigenvalue weighted by atomic mass is 32.2. The van der Waals surface area contributed by atoms with Gasteiger partial charge in [-0.05, 0) is 32.1 Å². The van der Waals surface area contributed by atoms with E-state index in [0.717, 1.165) is 18.7 Å². The van der Waals surface area contributed by atoms with Gasteiger partial charge >= 0.3 is 0 Å². The molecule has 0 N–H and O–H groups in total. The molecule has 0 aromatic carbocycles. The van der Waals surface area contributed by atoms with Crippen LogP contribution in [0.1, 0.15) is 36.8 Å². The van der Waals surface area contributed by atoms with Crippen molar-refractivity contribution in [3.63, 3.8) is 0 Å². The van der Waals surface area contributed by atoms with Gasteiger partial charge in [-0.3, -0.25) is 0 Å². The summed E-state index contributed by atoms with van der Waals surface area (Å²) in [6.07, 6.45) is 9.21. The van der Waals surface area contributed by atoms with Crippen LogP contribution in [0.15, 0.2) is 23.7 Å². The summed E-state index contributed by atoms with van der Waals surface area (Å²) >= 11 is 0. The Morgan fingerprint density at radius 3 is 2.71 bits per heavy atom. The van der Waals surface area contributed by atoms with E-state index in [1.807, 2.05) is 6.20 Å². The lowest BCUT2D eigenvalue weighted by Gasteiger charge is -2.15. The van der Waals surface area contributed by atoms with Crippen LogP contribution in [0.25, 0.3) is 0 Å². The van der Waals surface area contributed by atoms with E-state index in [1.54, 1.807) is 22.1 Å². The molecule has 1 saturated heterocycles. The summed E-state index contributed by atoms with van der Waals surface area (Å²) in [5.74, 6) is 1.43. The Bertz CT molecular complexity index is 850. The summed E-state index contributed by atoms with van der Waals surface area (Å²) in [7, 11) is -1.70. The molecular weight excluding hydrogens is 326 g/mol. The lowest BCUT2D eigenvalue weighted by molar-refractivity contribution is 0.448. The number of rotatable bonds is 5. The summed E-state index contributed by atoms with van der Waals surface area (Å²) in [6, 6.07) is 0.609. The van der Waals surface area contributed by atoms with Crippen molar-refractivity contribution in [1.82, 2.24) is 23.4 Å². The van der Waals surface area contributed by atoms with Crippen LogP contribution in [-0.4, -0.2) is 44.9 Å². The molecule has 2 aromatic rings. The quantitative estimate of drug-likeness (QED) is 0.820. The summed E-state index contributed by atoms with van der Waals surface area (Å²) < 4.78 is 30.9. The van der Waals surface area contributed by atoms with Crippen molar-refractivity contribution in [2.45, 2.75) is 43.7 Å². The largest absolute Gasteiger partial charge is 0.339 e. The zero-order chi connectivity index (χ0) is 16.9. The van der Waals surface area contributed by atoms with Gasteiger partial charge in [0.15, 0.2) is 5.03 Å². The first-order valence-electron chi connectivity index (χ1n) is 8.46. The van der Waals surface area contributed by atoms with E-state index >= 15 is 0 Å². The van der Waals surface area contributed by atoms with Gasteiger partial charge in [-0.2, -0.15) is 4.31 Å². The van der Waals surface area contributed by atoms with Crippen molar-refractivity contribution in [3.8, 4) is 0 Å². The molecule has 4 rings (SSSR count). The van der Waals surface area contributed by atoms with Gasteiger partial charge in [0.05, 0.1) is 6.33 Å². The molecule has 0 amide bonds. The molecule has 1 atom stereocenters. The first kappa shape index (κ1) is 15.8. The molecule has 2 aliphatic rings.